The van der Waals surface area contributed by atoms with Crippen LogP contribution in [0.3, 0.4) is 0 Å². The molecular weight excluding hydrogens is 404 g/mol. The van der Waals surface area contributed by atoms with Gasteiger partial charge in [-0.15, -0.1) is 11.3 Å². The van der Waals surface area contributed by atoms with Crippen LogP contribution < -0.4 is 10.6 Å². The highest BCUT2D eigenvalue weighted by atomic mass is 32.1. The van der Waals surface area contributed by atoms with Gasteiger partial charge in [-0.2, -0.15) is 0 Å². The first-order valence-electron chi connectivity index (χ1n) is 9.97. The number of benzene rings is 1. The van der Waals surface area contributed by atoms with Crippen LogP contribution in [0.4, 0.5) is 0 Å². The van der Waals surface area contributed by atoms with Crippen LogP contribution in [0.1, 0.15) is 30.5 Å². The fourth-order valence-electron chi connectivity index (χ4n) is 3.97. The fraction of sp³-hybridized carbons (Fsp3) is 0.429. The molecule has 2 saturated heterocycles. The second kappa shape index (κ2) is 8.53. The molecule has 3 heterocycles. The Balaban J connectivity index is 1.37. The van der Waals surface area contributed by atoms with Crippen LogP contribution in [0.2, 0.25) is 0 Å². The average Bonchev–Trinajstić information content (AvgIpc) is 3.46. The monoisotopic (exact) mass is 428 g/mol. The molecule has 1 unspecified atom stereocenters. The predicted octanol–water partition coefficient (Wildman–Crippen LogP) is 0.975. The molecule has 0 aliphatic carbocycles. The molecule has 2 aliphatic rings. The van der Waals surface area contributed by atoms with Crippen molar-refractivity contribution in [2.75, 3.05) is 6.54 Å². The van der Waals surface area contributed by atoms with Crippen LogP contribution in [0.15, 0.2) is 29.8 Å². The number of amides is 3. The van der Waals surface area contributed by atoms with E-state index in [-0.39, 0.29) is 30.7 Å². The van der Waals surface area contributed by atoms with E-state index in [0.29, 0.717) is 19.4 Å². The first-order chi connectivity index (χ1) is 14.4. The van der Waals surface area contributed by atoms with Gasteiger partial charge < -0.3 is 20.6 Å². The highest BCUT2D eigenvalue weighted by Gasteiger charge is 2.42. The van der Waals surface area contributed by atoms with Gasteiger partial charge in [-0.1, -0.05) is 24.3 Å². The predicted molar refractivity (Wildman–Crippen MR) is 111 cm³/mol. The summed E-state index contributed by atoms with van der Waals surface area (Å²) in [5.74, 6) is -0.764. The van der Waals surface area contributed by atoms with Gasteiger partial charge in [0.1, 0.15) is 12.1 Å². The maximum atomic E-state index is 12.7. The lowest BCUT2D eigenvalue weighted by Gasteiger charge is -2.26. The van der Waals surface area contributed by atoms with Crippen molar-refractivity contribution in [2.24, 2.45) is 0 Å². The summed E-state index contributed by atoms with van der Waals surface area (Å²) in [5.41, 5.74) is 4.83. The van der Waals surface area contributed by atoms with E-state index in [0.717, 1.165) is 21.7 Å². The van der Waals surface area contributed by atoms with E-state index >= 15 is 0 Å². The average molecular weight is 429 g/mol. The minimum absolute atomic E-state index is 0.103. The van der Waals surface area contributed by atoms with Crippen molar-refractivity contribution in [1.82, 2.24) is 20.5 Å². The van der Waals surface area contributed by atoms with E-state index in [9.17, 15) is 19.5 Å². The van der Waals surface area contributed by atoms with E-state index < -0.39 is 18.2 Å². The Morgan fingerprint density at radius 1 is 1.33 bits per heavy atom. The van der Waals surface area contributed by atoms with Crippen LogP contribution in [0.5, 0.6) is 0 Å². The molecule has 0 radical (unpaired) electrons. The number of thiazole rings is 1. The topological polar surface area (TPSA) is 112 Å². The SMILES string of the molecule is Cc1ncsc1-c1ccc(CNC(=O)[C@@H]2C[C@@H](O)CN2C(=O)C2CCC(=O)N2)cc1. The van der Waals surface area contributed by atoms with Crippen molar-refractivity contribution in [3.63, 3.8) is 0 Å². The number of aromatic nitrogens is 1. The van der Waals surface area contributed by atoms with Gasteiger partial charge in [0.15, 0.2) is 0 Å². The molecule has 9 heteroatoms. The van der Waals surface area contributed by atoms with Crippen LogP contribution in [-0.2, 0) is 20.9 Å². The first kappa shape index (κ1) is 20.5. The molecule has 8 nitrogen and oxygen atoms in total. The Labute approximate surface area is 178 Å². The Bertz CT molecular complexity index is 958. The first-order valence-corrected chi connectivity index (χ1v) is 10.9. The molecule has 2 aromatic rings. The van der Waals surface area contributed by atoms with Crippen LogP contribution >= 0.6 is 11.3 Å². The number of nitrogens with one attached hydrogen (secondary N) is 2. The summed E-state index contributed by atoms with van der Waals surface area (Å²) in [4.78, 5) is 43.7. The third kappa shape index (κ3) is 4.22. The quantitative estimate of drug-likeness (QED) is 0.657. The largest absolute Gasteiger partial charge is 0.391 e. The molecule has 0 spiro atoms. The molecular formula is C21H24N4O4S. The smallest absolute Gasteiger partial charge is 0.245 e. The third-order valence-corrected chi connectivity index (χ3v) is 6.56. The van der Waals surface area contributed by atoms with Crippen LogP contribution in [0.25, 0.3) is 10.4 Å². The van der Waals surface area contributed by atoms with Crippen molar-refractivity contribution in [3.05, 3.63) is 41.0 Å². The molecule has 30 heavy (non-hydrogen) atoms. The number of β-amino-alcohol motifs (C(OH)–C–C–N with tert-alkyl or cyclic N) is 1. The summed E-state index contributed by atoms with van der Waals surface area (Å²) < 4.78 is 0. The highest BCUT2D eigenvalue weighted by molar-refractivity contribution is 7.13. The van der Waals surface area contributed by atoms with E-state index in [1.165, 1.54) is 4.90 Å². The summed E-state index contributed by atoms with van der Waals surface area (Å²) in [6, 6.07) is 6.56. The molecule has 1 aromatic carbocycles. The van der Waals surface area contributed by atoms with E-state index in [4.69, 9.17) is 0 Å². The number of carbonyl (C=O) groups excluding carboxylic acids is 3. The van der Waals surface area contributed by atoms with Gasteiger partial charge in [-0.05, 0) is 24.5 Å². The van der Waals surface area contributed by atoms with Crippen molar-refractivity contribution in [2.45, 2.75) is 50.9 Å². The molecule has 0 bridgehead atoms. The van der Waals surface area contributed by atoms with Gasteiger partial charge in [-0.3, -0.25) is 14.4 Å². The third-order valence-electron chi connectivity index (χ3n) is 5.59. The number of carbonyl (C=O) groups is 3. The standard InChI is InChI=1S/C21H24N4O4S/c1-12-19(30-11-23-12)14-4-2-13(3-5-14)9-22-20(28)17-8-15(26)10-25(17)21(29)16-6-7-18(27)24-16/h2-5,11,15-17,26H,6-10H2,1H3,(H,22,28)(H,24,27)/t15-,16?,17+/m1/s1. The Hall–Kier alpha value is -2.78. The number of aliphatic hydroxyl groups excluding tert-OH is 1. The Kier molecular flexibility index (Phi) is 5.83. The number of likely N-dealkylation sites (tertiary alicyclic amines) is 1. The number of aryl methyl sites for hydroxylation is 1. The minimum Gasteiger partial charge on any atom is -0.391 e. The second-order valence-electron chi connectivity index (χ2n) is 7.74. The second-order valence-corrected chi connectivity index (χ2v) is 8.59. The molecule has 3 amide bonds. The van der Waals surface area contributed by atoms with Crippen molar-refractivity contribution in [3.8, 4) is 10.4 Å². The molecule has 1 aromatic heterocycles. The van der Waals surface area contributed by atoms with Crippen LogP contribution in [0, 0.1) is 6.92 Å². The van der Waals surface area contributed by atoms with Crippen LogP contribution in [-0.4, -0.2) is 57.4 Å². The summed E-state index contributed by atoms with van der Waals surface area (Å²) in [7, 11) is 0. The lowest BCUT2D eigenvalue weighted by molar-refractivity contribution is -0.140. The zero-order chi connectivity index (χ0) is 21.3. The number of hydrogen-bond donors (Lipinski definition) is 3. The molecule has 3 atom stereocenters. The lowest BCUT2D eigenvalue weighted by atomic mass is 10.1. The highest BCUT2D eigenvalue weighted by Crippen LogP contribution is 2.27. The van der Waals surface area contributed by atoms with Gasteiger partial charge in [0.25, 0.3) is 0 Å². The lowest BCUT2D eigenvalue weighted by Crippen LogP contribution is -2.51. The normalized spacial score (nSPS) is 23.5. The molecule has 2 aliphatic heterocycles. The maximum absolute atomic E-state index is 12.7. The Morgan fingerprint density at radius 2 is 2.10 bits per heavy atom. The van der Waals surface area contributed by atoms with Gasteiger partial charge >= 0.3 is 0 Å². The van der Waals surface area contributed by atoms with E-state index in [2.05, 4.69) is 15.6 Å². The van der Waals surface area contributed by atoms with E-state index in [1.54, 1.807) is 11.3 Å². The van der Waals surface area contributed by atoms with Crippen molar-refractivity contribution < 1.29 is 19.5 Å². The Morgan fingerprint density at radius 3 is 2.73 bits per heavy atom. The molecule has 0 saturated carbocycles. The summed E-state index contributed by atoms with van der Waals surface area (Å²) in [6.07, 6.45) is 0.177. The maximum Gasteiger partial charge on any atom is 0.245 e. The number of aliphatic hydroxyl groups is 1. The van der Waals surface area contributed by atoms with Crippen molar-refractivity contribution >= 4 is 29.1 Å². The molecule has 4 rings (SSSR count). The summed E-state index contributed by atoms with van der Waals surface area (Å²) in [6.45, 7) is 2.40. The molecule has 158 valence electrons. The number of rotatable bonds is 5. The zero-order valence-corrected chi connectivity index (χ0v) is 17.4. The van der Waals surface area contributed by atoms with Gasteiger partial charge in [-0.25, -0.2) is 4.98 Å². The summed E-state index contributed by atoms with van der Waals surface area (Å²) in [5, 5.41) is 15.5. The zero-order valence-electron chi connectivity index (χ0n) is 16.6. The number of nitrogens with zero attached hydrogens (tertiary/aromatic N) is 2. The van der Waals surface area contributed by atoms with Gasteiger partial charge in [0.2, 0.25) is 17.7 Å². The van der Waals surface area contributed by atoms with Gasteiger partial charge in [0.05, 0.1) is 22.2 Å². The molecule has 2 fully saturated rings. The van der Waals surface area contributed by atoms with Crippen molar-refractivity contribution in [1.29, 1.82) is 0 Å². The van der Waals surface area contributed by atoms with E-state index in [1.807, 2.05) is 36.7 Å². The summed E-state index contributed by atoms with van der Waals surface area (Å²) >= 11 is 1.59. The number of hydrogen-bond acceptors (Lipinski definition) is 6. The minimum atomic E-state index is -0.747. The van der Waals surface area contributed by atoms with Gasteiger partial charge in [0, 0.05) is 25.9 Å². The fourth-order valence-corrected chi connectivity index (χ4v) is 4.78. The molecule has 3 N–H and O–H groups in total.